The van der Waals surface area contributed by atoms with Gasteiger partial charge in [-0.2, -0.15) is 0 Å². The first-order chi connectivity index (χ1) is 55.8. The van der Waals surface area contributed by atoms with E-state index in [1.54, 1.807) is 0 Å². The van der Waals surface area contributed by atoms with Gasteiger partial charge in [0, 0.05) is 29.0 Å². The van der Waals surface area contributed by atoms with Gasteiger partial charge in [-0.3, -0.25) is 0 Å². The van der Waals surface area contributed by atoms with E-state index in [9.17, 15) is 0 Å². The molecule has 1 aliphatic rings. The van der Waals surface area contributed by atoms with E-state index in [1.165, 1.54) is 195 Å². The zero-order valence-electron chi connectivity index (χ0n) is 75.6. The van der Waals surface area contributed by atoms with Gasteiger partial charge in [0.25, 0.3) is 0 Å². The van der Waals surface area contributed by atoms with Crippen LogP contribution in [0.5, 0.6) is 0 Å². The van der Waals surface area contributed by atoms with Gasteiger partial charge < -0.3 is 9.97 Å². The highest BCUT2D eigenvalue weighted by Crippen LogP contribution is 2.30. The van der Waals surface area contributed by atoms with Crippen LogP contribution < -0.4 is 0 Å². The molecule has 0 atom stereocenters. The van der Waals surface area contributed by atoms with Gasteiger partial charge in [0.05, 0.1) is 0 Å². The Morgan fingerprint density at radius 3 is 1.16 bits per heavy atom. The highest BCUT2D eigenvalue weighted by molar-refractivity contribution is 5.86. The van der Waals surface area contributed by atoms with Crippen LogP contribution in [-0.4, -0.2) is 9.97 Å². The molecule has 118 heavy (non-hydrogen) atoms. The van der Waals surface area contributed by atoms with Crippen molar-refractivity contribution in [1.29, 1.82) is 0 Å². The van der Waals surface area contributed by atoms with Crippen molar-refractivity contribution in [3.63, 3.8) is 0 Å². The van der Waals surface area contributed by atoms with E-state index in [0.717, 1.165) is 78.4 Å². The molecule has 13 aromatic rings. The lowest BCUT2D eigenvalue weighted by Gasteiger charge is -2.22. The summed E-state index contributed by atoms with van der Waals surface area (Å²) in [6.45, 7) is 43.0. The molecule has 0 aliphatic heterocycles. The summed E-state index contributed by atoms with van der Waals surface area (Å²) in [6, 6.07) is 102. The lowest BCUT2D eigenvalue weighted by Crippen LogP contribution is -2.08. The van der Waals surface area contributed by atoms with Crippen molar-refractivity contribution in [2.45, 2.75) is 256 Å². The molecule has 1 aliphatic carbocycles. The number of aryl methyl sites for hydroxylation is 4. The molecule has 14 rings (SSSR count). The van der Waals surface area contributed by atoms with Gasteiger partial charge in [0.2, 0.25) is 0 Å². The number of para-hydroxylation sites is 1. The number of aromatic amines is 2. The van der Waals surface area contributed by atoms with E-state index in [2.05, 4.69) is 427 Å². The SMILES string of the molecule is C.C.CC(C)CC1CCCCC1.CC(C)CCc1ccc(-c2ccccc2)cc1.CC(C)CCc1ccccc1.CC(C)Cc1c[nH]c2ccccc12.CC(C)Cc1ccc(-c2ccccc2)cc1.CC(C)Cc1ccc2ccccc2c1.CC(C)Cc1ccc[nH]1.CC(C)Cc1cccc2ccccc12.Cc1ccc(CCC(C)C)cc1. The number of benzene rings is 11. The number of rotatable bonds is 23. The molecule has 1 saturated carbocycles. The first-order valence-corrected chi connectivity index (χ1v) is 44.9. The normalized spacial score (nSPS) is 11.6. The number of aromatic nitrogens is 2. The Hall–Kier alpha value is -9.24. The predicted octanol–water partition coefficient (Wildman–Crippen LogP) is 34.9. The van der Waals surface area contributed by atoms with E-state index in [0.29, 0.717) is 0 Å². The van der Waals surface area contributed by atoms with Crippen molar-refractivity contribution < 1.29 is 0 Å². The van der Waals surface area contributed by atoms with E-state index >= 15 is 0 Å². The zero-order chi connectivity index (χ0) is 83.8. The first kappa shape index (κ1) is 101. The highest BCUT2D eigenvalue weighted by Gasteiger charge is 2.14. The Morgan fingerprint density at radius 1 is 0.280 bits per heavy atom. The summed E-state index contributed by atoms with van der Waals surface area (Å²) in [7, 11) is 0. The topological polar surface area (TPSA) is 31.6 Å². The minimum Gasteiger partial charge on any atom is -0.365 e. The average Bonchev–Trinajstić information content (AvgIpc) is 1.08. The van der Waals surface area contributed by atoms with Crippen molar-refractivity contribution in [2.75, 3.05) is 0 Å². The second-order valence-electron chi connectivity index (χ2n) is 36.4. The number of nitrogens with one attached hydrogen (secondary N) is 2. The Kier molecular flexibility index (Phi) is 49.5. The Labute approximate surface area is 722 Å². The maximum absolute atomic E-state index is 3.29. The Bertz CT molecular complexity index is 4570. The second-order valence-corrected chi connectivity index (χ2v) is 36.4. The molecule has 2 aromatic heterocycles. The van der Waals surface area contributed by atoms with E-state index in [-0.39, 0.29) is 14.9 Å². The third-order valence-electron chi connectivity index (χ3n) is 20.8. The molecule has 0 amide bonds. The van der Waals surface area contributed by atoms with Crippen LogP contribution in [0.4, 0.5) is 0 Å². The fraction of sp³-hybridized carbons (Fsp3) is 0.414. The zero-order valence-corrected chi connectivity index (χ0v) is 75.6. The van der Waals surface area contributed by atoms with Crippen LogP contribution in [0.25, 0.3) is 54.7 Å². The molecule has 0 spiro atoms. The van der Waals surface area contributed by atoms with E-state index in [1.807, 2.05) is 12.3 Å². The summed E-state index contributed by atoms with van der Waals surface area (Å²) < 4.78 is 0. The van der Waals surface area contributed by atoms with Gasteiger partial charge >= 0.3 is 0 Å². The number of hydrogen-bond donors (Lipinski definition) is 2. The molecular weight excluding hydrogens is 1420 g/mol. The van der Waals surface area contributed by atoms with Crippen molar-refractivity contribution in [3.8, 4) is 22.3 Å². The monoisotopic (exact) mass is 1580 g/mol. The van der Waals surface area contributed by atoms with Crippen LogP contribution in [0.2, 0.25) is 0 Å². The largest absolute Gasteiger partial charge is 0.365 e. The molecule has 0 radical (unpaired) electrons. The smallest absolute Gasteiger partial charge is 0.0456 e. The summed E-state index contributed by atoms with van der Waals surface area (Å²) in [5, 5.41) is 6.82. The van der Waals surface area contributed by atoms with Gasteiger partial charge in [0.15, 0.2) is 0 Å². The van der Waals surface area contributed by atoms with Crippen molar-refractivity contribution >= 4 is 32.4 Å². The molecule has 2 nitrogen and oxygen atoms in total. The van der Waals surface area contributed by atoms with Gasteiger partial charge in [-0.05, 0) is 244 Å². The van der Waals surface area contributed by atoms with Gasteiger partial charge in [0.1, 0.15) is 0 Å². The molecule has 0 bridgehead atoms. The van der Waals surface area contributed by atoms with Crippen LogP contribution in [-0.2, 0) is 51.4 Å². The summed E-state index contributed by atoms with van der Waals surface area (Å²) in [5.41, 5.74) is 19.3. The van der Waals surface area contributed by atoms with E-state index < -0.39 is 0 Å². The Morgan fingerprint density at radius 2 is 0.678 bits per heavy atom. The standard InChI is InChI=1S/C17H20.C16H18.2C14H16.C12H15N.C12H18.C11H16.C10H20.C8H13N.2CH4/c1-14(2)8-9-15-10-12-17(13-11-15)16-6-4-3-5-7-16;1-13(2)12-14-8-10-16(11-9-14)15-6-4-3-5-7-15;1-11(2)10-13-8-5-7-12-6-3-4-9-14(12)13;1-11(2)9-12-7-8-13-5-3-4-6-14(13)10-12;1-9(2)7-10-8-13-12-6-4-3-5-11(10)12;1-10(2)4-7-12-8-5-11(3)6-9-12;1-10(2)8-9-11-6-4-3-5-7-11;1-9(2)8-10-6-4-3-5-7-10;1-7(2)6-8-4-3-5-9-8;;/h3-7,10-14H,8-9H2,1-2H3;3-11,13H,12H2,1-2H3;3-9,11H,10H2,1-2H3;3-8,10-11H,9H2,1-2H3;3-6,8-9,13H,7H2,1-2H3;5-6,8-10H,4,7H2,1-3H3;3-7,10H,8-9H2,1-2H3;9-10H,3-8H2,1-2H3;3-5,7,9H,6H2,1-2H3;2*1H4. The van der Waals surface area contributed by atoms with Crippen LogP contribution in [0.3, 0.4) is 0 Å². The molecule has 2 N–H and O–H groups in total. The van der Waals surface area contributed by atoms with Crippen LogP contribution in [0, 0.1) is 66.1 Å². The third-order valence-corrected chi connectivity index (χ3v) is 20.8. The number of H-pyrrole nitrogens is 2. The predicted molar refractivity (Wildman–Crippen MR) is 530 cm³/mol. The maximum atomic E-state index is 3.29. The summed E-state index contributed by atoms with van der Waals surface area (Å²) >= 11 is 0. The molecule has 0 saturated heterocycles. The van der Waals surface area contributed by atoms with Gasteiger partial charge in [-0.15, -0.1) is 0 Å². The highest BCUT2D eigenvalue weighted by atomic mass is 14.7. The van der Waals surface area contributed by atoms with Crippen molar-refractivity contribution in [2.24, 2.45) is 59.2 Å². The van der Waals surface area contributed by atoms with Gasteiger partial charge in [-0.1, -0.05) is 444 Å². The lowest BCUT2D eigenvalue weighted by atomic mass is 9.84. The molecule has 11 aromatic carbocycles. The fourth-order valence-electron chi connectivity index (χ4n) is 14.7. The van der Waals surface area contributed by atoms with E-state index in [4.69, 9.17) is 0 Å². The quantitative estimate of drug-likeness (QED) is 0.0640. The molecular formula is C116H160N2. The van der Waals surface area contributed by atoms with Gasteiger partial charge in [-0.25, -0.2) is 0 Å². The number of hydrogen-bond acceptors (Lipinski definition) is 0. The average molecular weight is 1580 g/mol. The molecule has 2 heterocycles. The van der Waals surface area contributed by atoms with Crippen LogP contribution in [0.1, 0.15) is 247 Å². The minimum absolute atomic E-state index is 0. The molecule has 0 unspecified atom stereocenters. The summed E-state index contributed by atoms with van der Waals surface area (Å²) in [5.74, 6) is 8.06. The van der Waals surface area contributed by atoms with Crippen molar-refractivity contribution in [1.82, 2.24) is 9.97 Å². The van der Waals surface area contributed by atoms with Crippen LogP contribution >= 0.6 is 0 Å². The molecule has 634 valence electrons. The summed E-state index contributed by atoms with van der Waals surface area (Å²) in [6.07, 6.45) is 26.4. The minimum atomic E-state index is 0. The maximum Gasteiger partial charge on any atom is 0.0456 e. The third kappa shape index (κ3) is 42.4. The fourth-order valence-corrected chi connectivity index (χ4v) is 14.7. The summed E-state index contributed by atoms with van der Waals surface area (Å²) in [4.78, 5) is 6.46. The second kappa shape index (κ2) is 57.8. The van der Waals surface area contributed by atoms with Crippen LogP contribution in [0.15, 0.2) is 298 Å². The lowest BCUT2D eigenvalue weighted by molar-refractivity contribution is 0.305. The first-order valence-electron chi connectivity index (χ1n) is 44.9. The Balaban J connectivity index is 0.000000280. The van der Waals surface area contributed by atoms with Crippen molar-refractivity contribution in [3.05, 3.63) is 348 Å². The number of fused-ring (bicyclic) bond motifs is 3. The molecule has 1 fully saturated rings. The molecule has 2 heteroatoms.